The number of carbonyl (C=O) groups is 1. The molecule has 1 unspecified atom stereocenters. The Hall–Kier alpha value is -1.89. The van der Waals surface area contributed by atoms with Gasteiger partial charge in [0.2, 0.25) is 0 Å². The lowest BCUT2D eigenvalue weighted by atomic mass is 10.00. The standard InChI is InChI=1S/C19H30N4O3/c1-21-16(12-17(24)22(2)19(21)26)18(25)20-14-8-7-11-23(13-14)15-9-5-3-4-6-10-15/h12,14-15H,3-11,13H2,1-2H3,(H,20,25). The molecule has 1 atom stereocenters. The molecule has 2 fully saturated rings. The van der Waals surface area contributed by atoms with Gasteiger partial charge in [-0.1, -0.05) is 25.7 Å². The van der Waals surface area contributed by atoms with Crippen LogP contribution < -0.4 is 16.6 Å². The van der Waals surface area contributed by atoms with Gasteiger partial charge < -0.3 is 5.32 Å². The molecule has 0 aromatic carbocycles. The Labute approximate surface area is 154 Å². The molecule has 3 rings (SSSR count). The highest BCUT2D eigenvalue weighted by molar-refractivity contribution is 5.92. The fraction of sp³-hybridized carbons (Fsp3) is 0.737. The molecule has 1 aromatic rings. The summed E-state index contributed by atoms with van der Waals surface area (Å²) in [4.78, 5) is 39.1. The number of nitrogens with zero attached hydrogens (tertiary/aromatic N) is 3. The maximum atomic E-state index is 12.6. The van der Waals surface area contributed by atoms with Crippen LogP contribution >= 0.6 is 0 Å². The zero-order valence-corrected chi connectivity index (χ0v) is 15.9. The molecule has 0 radical (unpaired) electrons. The van der Waals surface area contributed by atoms with Crippen molar-refractivity contribution >= 4 is 5.91 Å². The molecule has 7 heteroatoms. The van der Waals surface area contributed by atoms with E-state index >= 15 is 0 Å². The molecule has 1 aliphatic carbocycles. The number of likely N-dealkylation sites (tertiary alicyclic amines) is 1. The number of piperidine rings is 1. The Bertz CT molecular complexity index is 759. The quantitative estimate of drug-likeness (QED) is 0.814. The summed E-state index contributed by atoms with van der Waals surface area (Å²) >= 11 is 0. The highest BCUT2D eigenvalue weighted by Gasteiger charge is 2.28. The van der Waals surface area contributed by atoms with Crippen LogP contribution in [0.4, 0.5) is 0 Å². The fourth-order valence-corrected chi connectivity index (χ4v) is 4.29. The second-order valence-electron chi connectivity index (χ2n) is 7.72. The first-order chi connectivity index (χ1) is 12.5. The molecule has 0 bridgehead atoms. The lowest BCUT2D eigenvalue weighted by Crippen LogP contribution is -2.51. The second kappa shape index (κ2) is 8.20. The molecule has 0 spiro atoms. The molecular weight excluding hydrogens is 332 g/mol. The van der Waals surface area contributed by atoms with E-state index in [2.05, 4.69) is 10.2 Å². The van der Waals surface area contributed by atoms with Crippen LogP contribution in [0, 0.1) is 0 Å². The number of rotatable bonds is 3. The molecule has 144 valence electrons. The molecule has 2 heterocycles. The third kappa shape index (κ3) is 4.09. The van der Waals surface area contributed by atoms with Crippen molar-refractivity contribution in [3.05, 3.63) is 32.6 Å². The van der Waals surface area contributed by atoms with E-state index < -0.39 is 11.2 Å². The average molecular weight is 362 g/mol. The van der Waals surface area contributed by atoms with Gasteiger partial charge in [-0.25, -0.2) is 4.79 Å². The van der Waals surface area contributed by atoms with Crippen LogP contribution in [0.2, 0.25) is 0 Å². The van der Waals surface area contributed by atoms with Crippen molar-refractivity contribution in [2.24, 2.45) is 14.1 Å². The van der Waals surface area contributed by atoms with E-state index in [1.165, 1.54) is 63.3 Å². The molecular formula is C19H30N4O3. The number of amides is 1. The van der Waals surface area contributed by atoms with Crippen LogP contribution in [0.5, 0.6) is 0 Å². The smallest absolute Gasteiger partial charge is 0.331 e. The minimum Gasteiger partial charge on any atom is -0.347 e. The number of hydrogen-bond donors (Lipinski definition) is 1. The van der Waals surface area contributed by atoms with E-state index in [4.69, 9.17) is 0 Å². The fourth-order valence-electron chi connectivity index (χ4n) is 4.29. The van der Waals surface area contributed by atoms with Crippen molar-refractivity contribution in [1.82, 2.24) is 19.4 Å². The summed E-state index contributed by atoms with van der Waals surface area (Å²) in [5, 5.41) is 3.05. The molecule has 1 saturated heterocycles. The van der Waals surface area contributed by atoms with Gasteiger partial charge in [0, 0.05) is 38.8 Å². The van der Waals surface area contributed by atoms with Crippen molar-refractivity contribution in [3.63, 3.8) is 0 Å². The topological polar surface area (TPSA) is 76.3 Å². The van der Waals surface area contributed by atoms with Crippen LogP contribution in [0.3, 0.4) is 0 Å². The monoisotopic (exact) mass is 362 g/mol. The van der Waals surface area contributed by atoms with Gasteiger partial charge in [-0.3, -0.25) is 23.6 Å². The zero-order valence-electron chi connectivity index (χ0n) is 15.9. The molecule has 1 aromatic heterocycles. The highest BCUT2D eigenvalue weighted by atomic mass is 16.2. The zero-order chi connectivity index (χ0) is 18.7. The summed E-state index contributed by atoms with van der Waals surface area (Å²) in [5.41, 5.74) is -0.807. The summed E-state index contributed by atoms with van der Waals surface area (Å²) in [6.45, 7) is 1.95. The lowest BCUT2D eigenvalue weighted by Gasteiger charge is -2.38. The number of aromatic nitrogens is 2. The molecule has 1 N–H and O–H groups in total. The van der Waals surface area contributed by atoms with E-state index in [0.717, 1.165) is 30.5 Å². The van der Waals surface area contributed by atoms with E-state index in [9.17, 15) is 14.4 Å². The molecule has 2 aliphatic rings. The van der Waals surface area contributed by atoms with Crippen molar-refractivity contribution in [1.29, 1.82) is 0 Å². The largest absolute Gasteiger partial charge is 0.347 e. The minimum absolute atomic E-state index is 0.0682. The number of nitrogens with one attached hydrogen (secondary N) is 1. The van der Waals surface area contributed by atoms with E-state index in [0.29, 0.717) is 6.04 Å². The van der Waals surface area contributed by atoms with E-state index in [1.54, 1.807) is 0 Å². The summed E-state index contributed by atoms with van der Waals surface area (Å²) in [6.07, 6.45) is 9.78. The van der Waals surface area contributed by atoms with Crippen LogP contribution in [0.25, 0.3) is 0 Å². The molecule has 1 aliphatic heterocycles. The Balaban J connectivity index is 1.68. The van der Waals surface area contributed by atoms with Gasteiger partial charge >= 0.3 is 5.69 Å². The van der Waals surface area contributed by atoms with Gasteiger partial charge in [0.1, 0.15) is 5.69 Å². The summed E-state index contributed by atoms with van der Waals surface area (Å²) in [5.74, 6) is -0.338. The van der Waals surface area contributed by atoms with Gasteiger partial charge in [-0.15, -0.1) is 0 Å². The van der Waals surface area contributed by atoms with Crippen LogP contribution in [-0.2, 0) is 14.1 Å². The van der Waals surface area contributed by atoms with Crippen LogP contribution in [0.1, 0.15) is 61.9 Å². The highest BCUT2D eigenvalue weighted by Crippen LogP contribution is 2.24. The maximum absolute atomic E-state index is 12.6. The van der Waals surface area contributed by atoms with Crippen LogP contribution in [0.15, 0.2) is 15.7 Å². The molecule has 1 saturated carbocycles. The van der Waals surface area contributed by atoms with Gasteiger partial charge in [0.25, 0.3) is 11.5 Å². The predicted molar refractivity (Wildman–Crippen MR) is 100 cm³/mol. The average Bonchev–Trinajstić information content (AvgIpc) is 2.92. The van der Waals surface area contributed by atoms with Crippen molar-refractivity contribution in [2.45, 2.75) is 63.5 Å². The third-order valence-electron chi connectivity index (χ3n) is 5.89. The molecule has 7 nitrogen and oxygen atoms in total. The number of hydrogen-bond acceptors (Lipinski definition) is 4. The molecule has 1 amide bonds. The summed E-state index contributed by atoms with van der Waals surface area (Å²) in [7, 11) is 2.94. The minimum atomic E-state index is -0.480. The summed E-state index contributed by atoms with van der Waals surface area (Å²) < 4.78 is 2.24. The lowest BCUT2D eigenvalue weighted by molar-refractivity contribution is 0.0851. The number of carbonyl (C=O) groups excluding carboxylic acids is 1. The van der Waals surface area contributed by atoms with E-state index in [1.807, 2.05) is 0 Å². The van der Waals surface area contributed by atoms with Gasteiger partial charge in [0.15, 0.2) is 0 Å². The first-order valence-corrected chi connectivity index (χ1v) is 9.79. The van der Waals surface area contributed by atoms with Gasteiger partial charge in [-0.05, 0) is 32.2 Å². The SMILES string of the molecule is Cn1c(C(=O)NC2CCCN(C3CCCCCC3)C2)cc(=O)n(C)c1=O. The Morgan fingerprint density at radius 3 is 2.38 bits per heavy atom. The van der Waals surface area contributed by atoms with Gasteiger partial charge in [-0.2, -0.15) is 0 Å². The Morgan fingerprint density at radius 1 is 1.00 bits per heavy atom. The third-order valence-corrected chi connectivity index (χ3v) is 5.89. The first kappa shape index (κ1) is 18.9. The van der Waals surface area contributed by atoms with Crippen molar-refractivity contribution in [3.8, 4) is 0 Å². The normalized spacial score (nSPS) is 22.8. The van der Waals surface area contributed by atoms with Crippen molar-refractivity contribution < 1.29 is 4.79 Å². The maximum Gasteiger partial charge on any atom is 0.331 e. The second-order valence-corrected chi connectivity index (χ2v) is 7.72. The predicted octanol–water partition coefficient (Wildman–Crippen LogP) is 1.00. The van der Waals surface area contributed by atoms with Gasteiger partial charge in [0.05, 0.1) is 0 Å². The van der Waals surface area contributed by atoms with Crippen molar-refractivity contribution in [2.75, 3.05) is 13.1 Å². The first-order valence-electron chi connectivity index (χ1n) is 9.79. The van der Waals surface area contributed by atoms with E-state index in [-0.39, 0.29) is 17.6 Å². The van der Waals surface area contributed by atoms with Crippen LogP contribution in [-0.4, -0.2) is 45.1 Å². The molecule has 26 heavy (non-hydrogen) atoms. The Kier molecular flexibility index (Phi) is 5.96. The Morgan fingerprint density at radius 2 is 1.69 bits per heavy atom. The summed E-state index contributed by atoms with van der Waals surface area (Å²) in [6, 6.07) is 1.94.